The molecule has 0 aliphatic carbocycles. The van der Waals surface area contributed by atoms with Crippen LogP contribution >= 0.6 is 0 Å². The van der Waals surface area contributed by atoms with Gasteiger partial charge in [0.2, 0.25) is 0 Å². The molecule has 1 aliphatic rings. The first-order valence-electron chi connectivity index (χ1n) is 10.3. The van der Waals surface area contributed by atoms with E-state index in [0.717, 1.165) is 12.0 Å². The number of rotatable bonds is 8. The molecule has 0 amide bonds. The number of hydrogen-bond donors (Lipinski definition) is 5. The van der Waals surface area contributed by atoms with E-state index in [9.17, 15) is 20.1 Å². The minimum Gasteiger partial charge on any atom is -0.481 e. The standard InChI is InChI=1S/C21H25N5O6/c1-2-12(11-6-4-3-5-7-11)25-19-15-20(23-9-22-19)26(10-24-15)21-17(31)16(30)18(32-21)13(27)8-14(28)29/h3-7,9-10,12-13,16-18,21,27,30-31H,2,8H2,1H3,(H,28,29)(H,22,23,25)/t12-,13?,16-,17+,18+,21+/m0/s1. The Kier molecular flexibility index (Phi) is 6.33. The zero-order chi connectivity index (χ0) is 22.8. The highest BCUT2D eigenvalue weighted by atomic mass is 16.6. The van der Waals surface area contributed by atoms with Gasteiger partial charge in [-0.05, 0) is 12.0 Å². The summed E-state index contributed by atoms with van der Waals surface area (Å²) in [5, 5.41) is 43.2. The molecule has 1 unspecified atom stereocenters. The second-order valence-electron chi connectivity index (χ2n) is 7.70. The zero-order valence-corrected chi connectivity index (χ0v) is 17.3. The zero-order valence-electron chi connectivity index (χ0n) is 17.3. The molecule has 4 rings (SSSR count). The number of carboxylic acids is 1. The van der Waals surface area contributed by atoms with Crippen molar-refractivity contribution < 1.29 is 30.0 Å². The Morgan fingerprint density at radius 1 is 1.19 bits per heavy atom. The minimum absolute atomic E-state index is 0.00913. The molecular weight excluding hydrogens is 418 g/mol. The fourth-order valence-electron chi connectivity index (χ4n) is 3.94. The van der Waals surface area contributed by atoms with Crippen LogP contribution in [0.25, 0.3) is 11.2 Å². The van der Waals surface area contributed by atoms with E-state index < -0.39 is 43.0 Å². The Morgan fingerprint density at radius 2 is 1.94 bits per heavy atom. The van der Waals surface area contributed by atoms with Crippen LogP contribution in [-0.4, -0.2) is 70.3 Å². The van der Waals surface area contributed by atoms with Crippen LogP contribution in [-0.2, 0) is 9.53 Å². The van der Waals surface area contributed by atoms with Gasteiger partial charge in [0, 0.05) is 0 Å². The van der Waals surface area contributed by atoms with Crippen molar-refractivity contribution in [1.29, 1.82) is 0 Å². The third-order valence-corrected chi connectivity index (χ3v) is 5.59. The lowest BCUT2D eigenvalue weighted by Crippen LogP contribution is -2.39. The highest BCUT2D eigenvalue weighted by molar-refractivity contribution is 5.83. The summed E-state index contributed by atoms with van der Waals surface area (Å²) < 4.78 is 7.08. The number of anilines is 1. The molecule has 1 aliphatic heterocycles. The molecule has 0 spiro atoms. The molecule has 2 aromatic heterocycles. The van der Waals surface area contributed by atoms with Crippen LogP contribution in [0.4, 0.5) is 5.82 Å². The first kappa shape index (κ1) is 22.1. The molecule has 170 valence electrons. The Bertz CT molecular complexity index is 1080. The fourth-order valence-corrected chi connectivity index (χ4v) is 3.94. The number of imidazole rings is 1. The summed E-state index contributed by atoms with van der Waals surface area (Å²) in [5.74, 6) is -0.744. The maximum atomic E-state index is 10.9. The van der Waals surface area contributed by atoms with Gasteiger partial charge < -0.3 is 30.5 Å². The van der Waals surface area contributed by atoms with E-state index in [0.29, 0.717) is 17.0 Å². The first-order chi connectivity index (χ1) is 15.4. The van der Waals surface area contributed by atoms with Gasteiger partial charge in [0.15, 0.2) is 23.2 Å². The van der Waals surface area contributed by atoms with Gasteiger partial charge >= 0.3 is 5.97 Å². The number of aromatic nitrogens is 4. The van der Waals surface area contributed by atoms with Gasteiger partial charge in [-0.25, -0.2) is 15.0 Å². The number of fused-ring (bicyclic) bond motifs is 1. The molecule has 32 heavy (non-hydrogen) atoms. The van der Waals surface area contributed by atoms with Gasteiger partial charge in [0.1, 0.15) is 24.6 Å². The Labute approximate surface area is 183 Å². The predicted molar refractivity (Wildman–Crippen MR) is 113 cm³/mol. The lowest BCUT2D eigenvalue weighted by Gasteiger charge is -2.19. The van der Waals surface area contributed by atoms with Crippen molar-refractivity contribution in [2.75, 3.05) is 5.32 Å². The van der Waals surface area contributed by atoms with E-state index in [1.165, 1.54) is 17.2 Å². The number of aliphatic hydroxyl groups is 3. The van der Waals surface area contributed by atoms with E-state index in [2.05, 4.69) is 20.3 Å². The van der Waals surface area contributed by atoms with Crippen molar-refractivity contribution in [2.45, 2.75) is 56.5 Å². The van der Waals surface area contributed by atoms with E-state index in [1.54, 1.807) is 0 Å². The number of aliphatic carboxylic acids is 1. The minimum atomic E-state index is -1.49. The summed E-state index contributed by atoms with van der Waals surface area (Å²) in [4.78, 5) is 23.8. The van der Waals surface area contributed by atoms with Crippen molar-refractivity contribution in [2.24, 2.45) is 0 Å². The smallest absolute Gasteiger partial charge is 0.306 e. The van der Waals surface area contributed by atoms with E-state index in [-0.39, 0.29) is 6.04 Å². The molecule has 11 nitrogen and oxygen atoms in total. The van der Waals surface area contributed by atoms with Gasteiger partial charge in [-0.1, -0.05) is 37.3 Å². The van der Waals surface area contributed by atoms with Crippen LogP contribution in [0.1, 0.15) is 37.6 Å². The number of ether oxygens (including phenoxy) is 1. The number of nitrogens with one attached hydrogen (secondary N) is 1. The average molecular weight is 443 g/mol. The lowest BCUT2D eigenvalue weighted by atomic mass is 10.0. The van der Waals surface area contributed by atoms with Crippen LogP contribution < -0.4 is 5.32 Å². The maximum Gasteiger partial charge on any atom is 0.306 e. The summed E-state index contributed by atoms with van der Waals surface area (Å²) in [6.07, 6.45) is -3.83. The SMILES string of the molecule is CC[C@H](Nc1ncnc2c1ncn2[C@@H]1O[C@H](C(O)CC(=O)O)[C@@H](O)[C@H]1O)c1ccccc1. The molecule has 0 bridgehead atoms. The summed E-state index contributed by atoms with van der Waals surface area (Å²) in [6, 6.07) is 9.90. The van der Waals surface area contributed by atoms with Crippen LogP contribution in [0.2, 0.25) is 0 Å². The summed E-state index contributed by atoms with van der Waals surface area (Å²) in [6.45, 7) is 2.05. The number of benzene rings is 1. The third-order valence-electron chi connectivity index (χ3n) is 5.59. The van der Waals surface area contributed by atoms with E-state index in [4.69, 9.17) is 9.84 Å². The number of hydrogen-bond acceptors (Lipinski definition) is 9. The van der Waals surface area contributed by atoms with Gasteiger partial charge in [-0.15, -0.1) is 0 Å². The normalized spacial score (nSPS) is 25.0. The van der Waals surface area contributed by atoms with Crippen LogP contribution in [0.3, 0.4) is 0 Å². The molecule has 0 radical (unpaired) electrons. The van der Waals surface area contributed by atoms with Crippen LogP contribution in [0.5, 0.6) is 0 Å². The van der Waals surface area contributed by atoms with E-state index in [1.807, 2.05) is 37.3 Å². The molecule has 3 aromatic rings. The van der Waals surface area contributed by atoms with Crippen molar-refractivity contribution in [1.82, 2.24) is 19.5 Å². The molecule has 6 atom stereocenters. The summed E-state index contributed by atoms with van der Waals surface area (Å²) >= 11 is 0. The first-order valence-corrected chi connectivity index (χ1v) is 10.3. The average Bonchev–Trinajstić information content (AvgIpc) is 3.34. The largest absolute Gasteiger partial charge is 0.481 e. The van der Waals surface area contributed by atoms with Gasteiger partial charge in [0.25, 0.3) is 0 Å². The molecule has 1 saturated heterocycles. The summed E-state index contributed by atoms with van der Waals surface area (Å²) in [5.41, 5.74) is 1.89. The Balaban J connectivity index is 1.61. The summed E-state index contributed by atoms with van der Waals surface area (Å²) in [7, 11) is 0. The quantitative estimate of drug-likeness (QED) is 0.337. The monoisotopic (exact) mass is 443 g/mol. The van der Waals surface area contributed by atoms with Crippen molar-refractivity contribution in [3.63, 3.8) is 0 Å². The van der Waals surface area contributed by atoms with Crippen molar-refractivity contribution in [3.8, 4) is 0 Å². The highest BCUT2D eigenvalue weighted by Gasteiger charge is 2.47. The lowest BCUT2D eigenvalue weighted by molar-refractivity contribution is -0.144. The van der Waals surface area contributed by atoms with Crippen LogP contribution in [0, 0.1) is 0 Å². The van der Waals surface area contributed by atoms with Crippen LogP contribution in [0.15, 0.2) is 43.0 Å². The molecule has 0 saturated carbocycles. The molecular formula is C21H25N5O6. The predicted octanol–water partition coefficient (Wildman–Crippen LogP) is 0.844. The maximum absolute atomic E-state index is 10.9. The molecule has 5 N–H and O–H groups in total. The number of carboxylic acid groups (broad SMARTS) is 1. The number of nitrogens with zero attached hydrogens (tertiary/aromatic N) is 4. The second kappa shape index (κ2) is 9.17. The van der Waals surface area contributed by atoms with Crippen molar-refractivity contribution >= 4 is 23.0 Å². The second-order valence-corrected chi connectivity index (χ2v) is 7.70. The molecule has 1 aromatic carbocycles. The Hall–Kier alpha value is -3.12. The third kappa shape index (κ3) is 4.15. The Morgan fingerprint density at radius 3 is 2.62 bits per heavy atom. The number of aliphatic hydroxyl groups excluding tert-OH is 3. The molecule has 11 heteroatoms. The van der Waals surface area contributed by atoms with Crippen molar-refractivity contribution in [3.05, 3.63) is 48.5 Å². The van der Waals surface area contributed by atoms with Gasteiger partial charge in [-0.2, -0.15) is 0 Å². The number of carbonyl (C=O) groups is 1. The van der Waals surface area contributed by atoms with Gasteiger partial charge in [0.05, 0.1) is 24.9 Å². The molecule has 1 fully saturated rings. The molecule has 3 heterocycles. The van der Waals surface area contributed by atoms with Gasteiger partial charge in [-0.3, -0.25) is 9.36 Å². The fraction of sp³-hybridized carbons (Fsp3) is 0.429. The highest BCUT2D eigenvalue weighted by Crippen LogP contribution is 2.34. The topological polar surface area (TPSA) is 163 Å². The van der Waals surface area contributed by atoms with E-state index >= 15 is 0 Å².